The summed E-state index contributed by atoms with van der Waals surface area (Å²) in [5.74, 6) is 0.313. The number of amides is 1. The van der Waals surface area contributed by atoms with Crippen LogP contribution in [0.2, 0.25) is 0 Å². The smallest absolute Gasteiger partial charge is 0.259 e. The molecule has 0 fully saturated rings. The lowest BCUT2D eigenvalue weighted by Gasteiger charge is -2.11. The third-order valence-electron chi connectivity index (χ3n) is 3.36. The molecule has 0 aliphatic rings. The van der Waals surface area contributed by atoms with Gasteiger partial charge in [0.15, 0.2) is 0 Å². The number of ether oxygens (including phenoxy) is 1. The number of nitrogens with zero attached hydrogens (tertiary/aromatic N) is 2. The maximum atomic E-state index is 12.6. The van der Waals surface area contributed by atoms with Crippen LogP contribution in [0.25, 0.3) is 11.3 Å². The number of nitrogens with one attached hydrogen (secondary N) is 1. The van der Waals surface area contributed by atoms with Crippen LogP contribution in [0.15, 0.2) is 67.1 Å². The molecule has 0 unspecified atom stereocenters. The topological polar surface area (TPSA) is 64.1 Å². The van der Waals surface area contributed by atoms with Crippen molar-refractivity contribution >= 4 is 11.6 Å². The van der Waals surface area contributed by atoms with Crippen molar-refractivity contribution in [3.8, 4) is 17.0 Å². The summed E-state index contributed by atoms with van der Waals surface area (Å²) in [6, 6.07) is 16.8. The summed E-state index contributed by atoms with van der Waals surface area (Å²) in [5.41, 5.74) is 2.46. The summed E-state index contributed by atoms with van der Waals surface area (Å²) in [4.78, 5) is 20.9. The number of para-hydroxylation sites is 2. The maximum Gasteiger partial charge on any atom is 0.259 e. The van der Waals surface area contributed by atoms with Crippen molar-refractivity contribution in [2.75, 3.05) is 12.4 Å². The van der Waals surface area contributed by atoms with Crippen LogP contribution >= 0.6 is 0 Å². The van der Waals surface area contributed by atoms with Gasteiger partial charge in [-0.05, 0) is 12.1 Å². The second kappa shape index (κ2) is 6.70. The minimum absolute atomic E-state index is 0.283. The lowest BCUT2D eigenvalue weighted by molar-refractivity contribution is 0.102. The van der Waals surface area contributed by atoms with Gasteiger partial charge in [-0.15, -0.1) is 0 Å². The van der Waals surface area contributed by atoms with Gasteiger partial charge in [0.05, 0.1) is 24.1 Å². The van der Waals surface area contributed by atoms with E-state index < -0.39 is 0 Å². The van der Waals surface area contributed by atoms with Crippen molar-refractivity contribution in [1.29, 1.82) is 0 Å². The molecule has 0 bridgehead atoms. The summed E-state index contributed by atoms with van der Waals surface area (Å²) in [6.07, 6.45) is 2.95. The molecule has 0 spiro atoms. The zero-order valence-corrected chi connectivity index (χ0v) is 12.6. The molecular weight excluding hydrogens is 290 g/mol. The first kappa shape index (κ1) is 14.7. The fourth-order valence-corrected chi connectivity index (χ4v) is 2.26. The number of methoxy groups -OCH3 is 1. The second-order valence-electron chi connectivity index (χ2n) is 4.81. The summed E-state index contributed by atoms with van der Waals surface area (Å²) in [5, 5.41) is 2.84. The largest absolute Gasteiger partial charge is 0.495 e. The monoisotopic (exact) mass is 305 g/mol. The van der Waals surface area contributed by atoms with Crippen LogP contribution in [0.4, 0.5) is 5.69 Å². The predicted molar refractivity (Wildman–Crippen MR) is 88.4 cm³/mol. The van der Waals surface area contributed by atoms with Crippen LogP contribution in [-0.4, -0.2) is 23.0 Å². The van der Waals surface area contributed by atoms with Crippen LogP contribution in [0.5, 0.6) is 5.75 Å². The van der Waals surface area contributed by atoms with Crippen LogP contribution in [0, 0.1) is 0 Å². The van der Waals surface area contributed by atoms with E-state index in [-0.39, 0.29) is 5.91 Å². The average Bonchev–Trinajstić information content (AvgIpc) is 2.63. The number of benzene rings is 2. The van der Waals surface area contributed by atoms with Crippen LogP contribution in [0.1, 0.15) is 10.4 Å². The number of anilines is 1. The molecule has 3 rings (SSSR count). The standard InChI is InChI=1S/C18H15N3O2/c1-23-16-10-6-5-9-15(16)21-18(22)14-11-19-12-20-17(14)13-7-3-2-4-8-13/h2-12H,1H3,(H,21,22). The molecular formula is C18H15N3O2. The molecule has 0 atom stereocenters. The quantitative estimate of drug-likeness (QED) is 0.802. The molecule has 114 valence electrons. The number of rotatable bonds is 4. The van der Waals surface area contributed by atoms with E-state index in [0.29, 0.717) is 22.7 Å². The zero-order chi connectivity index (χ0) is 16.1. The van der Waals surface area contributed by atoms with Gasteiger partial charge in [0.2, 0.25) is 0 Å². The van der Waals surface area contributed by atoms with Crippen molar-refractivity contribution in [3.63, 3.8) is 0 Å². The normalized spacial score (nSPS) is 10.1. The molecule has 1 aromatic heterocycles. The summed E-state index contributed by atoms with van der Waals surface area (Å²) in [6.45, 7) is 0. The Hall–Kier alpha value is -3.21. The zero-order valence-electron chi connectivity index (χ0n) is 12.6. The first-order valence-corrected chi connectivity index (χ1v) is 7.09. The van der Waals surface area contributed by atoms with E-state index in [9.17, 15) is 4.79 Å². The SMILES string of the molecule is COc1ccccc1NC(=O)c1cncnc1-c1ccccc1. The van der Waals surface area contributed by atoms with E-state index in [2.05, 4.69) is 15.3 Å². The molecule has 5 nitrogen and oxygen atoms in total. The van der Waals surface area contributed by atoms with Gasteiger partial charge >= 0.3 is 0 Å². The molecule has 1 N–H and O–H groups in total. The highest BCUT2D eigenvalue weighted by atomic mass is 16.5. The Morgan fingerprint density at radius 2 is 1.78 bits per heavy atom. The van der Waals surface area contributed by atoms with E-state index in [4.69, 9.17) is 4.74 Å². The Balaban J connectivity index is 1.95. The van der Waals surface area contributed by atoms with E-state index in [1.807, 2.05) is 42.5 Å². The molecule has 0 saturated carbocycles. The highest BCUT2D eigenvalue weighted by Gasteiger charge is 2.15. The Morgan fingerprint density at radius 3 is 2.57 bits per heavy atom. The van der Waals surface area contributed by atoms with Crippen molar-refractivity contribution in [2.45, 2.75) is 0 Å². The van der Waals surface area contributed by atoms with Gasteiger partial charge in [-0.3, -0.25) is 4.79 Å². The molecule has 1 heterocycles. The number of carbonyl (C=O) groups excluding carboxylic acids is 1. The number of hydrogen-bond donors (Lipinski definition) is 1. The average molecular weight is 305 g/mol. The van der Waals surface area contributed by atoms with Gasteiger partial charge in [-0.2, -0.15) is 0 Å². The summed E-state index contributed by atoms with van der Waals surface area (Å²) < 4.78 is 5.25. The lowest BCUT2D eigenvalue weighted by atomic mass is 10.1. The molecule has 5 heteroatoms. The highest BCUT2D eigenvalue weighted by molar-refractivity contribution is 6.08. The Labute approximate surface area is 134 Å². The van der Waals surface area contributed by atoms with Gasteiger partial charge in [-0.25, -0.2) is 9.97 Å². The van der Waals surface area contributed by atoms with E-state index >= 15 is 0 Å². The number of hydrogen-bond acceptors (Lipinski definition) is 4. The van der Waals surface area contributed by atoms with E-state index in [0.717, 1.165) is 5.56 Å². The van der Waals surface area contributed by atoms with E-state index in [1.165, 1.54) is 12.5 Å². The Morgan fingerprint density at radius 1 is 1.04 bits per heavy atom. The molecule has 2 aromatic carbocycles. The van der Waals surface area contributed by atoms with E-state index in [1.54, 1.807) is 19.2 Å². The maximum absolute atomic E-state index is 12.6. The molecule has 1 amide bonds. The highest BCUT2D eigenvalue weighted by Crippen LogP contribution is 2.25. The lowest BCUT2D eigenvalue weighted by Crippen LogP contribution is -2.15. The Kier molecular flexibility index (Phi) is 4.29. The van der Waals surface area contributed by atoms with Gasteiger partial charge in [0.1, 0.15) is 12.1 Å². The van der Waals surface area contributed by atoms with Crippen molar-refractivity contribution in [2.24, 2.45) is 0 Å². The molecule has 0 radical (unpaired) electrons. The molecule has 0 aliphatic heterocycles. The van der Waals surface area contributed by atoms with Crippen LogP contribution < -0.4 is 10.1 Å². The predicted octanol–water partition coefficient (Wildman–Crippen LogP) is 3.40. The summed E-state index contributed by atoms with van der Waals surface area (Å²) >= 11 is 0. The number of carbonyl (C=O) groups is 1. The van der Waals surface area contributed by atoms with Crippen molar-refractivity contribution in [3.05, 3.63) is 72.7 Å². The second-order valence-corrected chi connectivity index (χ2v) is 4.81. The van der Waals surface area contributed by atoms with Crippen molar-refractivity contribution < 1.29 is 9.53 Å². The molecule has 23 heavy (non-hydrogen) atoms. The third kappa shape index (κ3) is 3.18. The minimum atomic E-state index is -0.283. The first-order valence-electron chi connectivity index (χ1n) is 7.09. The fraction of sp³-hybridized carbons (Fsp3) is 0.0556. The molecule has 0 saturated heterocycles. The molecule has 0 aliphatic carbocycles. The van der Waals surface area contributed by atoms with Crippen LogP contribution in [0.3, 0.4) is 0 Å². The summed E-state index contributed by atoms with van der Waals surface area (Å²) in [7, 11) is 1.56. The van der Waals surface area contributed by atoms with Gasteiger partial charge < -0.3 is 10.1 Å². The minimum Gasteiger partial charge on any atom is -0.495 e. The van der Waals surface area contributed by atoms with Gasteiger partial charge in [0.25, 0.3) is 5.91 Å². The third-order valence-corrected chi connectivity index (χ3v) is 3.36. The van der Waals surface area contributed by atoms with Gasteiger partial charge in [-0.1, -0.05) is 42.5 Å². The van der Waals surface area contributed by atoms with Crippen LogP contribution in [-0.2, 0) is 0 Å². The molecule has 3 aromatic rings. The number of aromatic nitrogens is 2. The van der Waals surface area contributed by atoms with Gasteiger partial charge in [0, 0.05) is 11.8 Å². The fourth-order valence-electron chi connectivity index (χ4n) is 2.26. The first-order chi connectivity index (χ1) is 11.3. The Bertz CT molecular complexity index is 819. The van der Waals surface area contributed by atoms with Crippen molar-refractivity contribution in [1.82, 2.24) is 9.97 Å².